The number of carbonyl (C=O) groups is 1. The average molecular weight is 448 g/mol. The van der Waals surface area contributed by atoms with Crippen molar-refractivity contribution in [3.8, 4) is 11.5 Å². The van der Waals surface area contributed by atoms with Crippen LogP contribution in [0.25, 0.3) is 5.57 Å². The van der Waals surface area contributed by atoms with Crippen molar-refractivity contribution in [3.05, 3.63) is 101 Å². The molecule has 5 nitrogen and oxygen atoms in total. The van der Waals surface area contributed by atoms with Crippen LogP contribution >= 0.6 is 0 Å². The third kappa shape index (κ3) is 4.42. The molecule has 0 bridgehead atoms. The van der Waals surface area contributed by atoms with Gasteiger partial charge in [-0.15, -0.1) is 0 Å². The molecule has 0 saturated carbocycles. The fraction of sp³-hybridized carbons (Fsp3) is 0.222. The van der Waals surface area contributed by atoms with Gasteiger partial charge in [-0.25, -0.2) is 4.39 Å². The molecule has 1 N–H and O–H groups in total. The summed E-state index contributed by atoms with van der Waals surface area (Å²) in [5, 5.41) is 10.9. The summed E-state index contributed by atoms with van der Waals surface area (Å²) in [5.74, 6) is 0.161. The minimum Gasteiger partial charge on any atom is -0.503 e. The van der Waals surface area contributed by atoms with Gasteiger partial charge in [-0.1, -0.05) is 48.0 Å². The zero-order valence-corrected chi connectivity index (χ0v) is 18.8. The van der Waals surface area contributed by atoms with Gasteiger partial charge in [0.05, 0.1) is 20.3 Å². The maximum atomic E-state index is 13.6. The standard InChI is InChI=1S/C27H26FNO4/c1-17-4-7-19(8-5-17)24-25(20-9-11-21(28)12-10-20)29(27(31)26(24)30)15-14-18-6-13-22(32-2)23(16-18)33-3/h4-13,16,25,30H,14-15H2,1-3H3/t25-/m1/s1. The SMILES string of the molecule is COc1ccc(CCN2C(=O)C(O)=C(c3ccc(C)cc3)[C@H]2c2ccc(F)cc2)cc1OC. The van der Waals surface area contributed by atoms with Crippen LogP contribution in [0.5, 0.6) is 11.5 Å². The Morgan fingerprint density at radius 2 is 1.61 bits per heavy atom. The van der Waals surface area contributed by atoms with Crippen LogP contribution in [-0.4, -0.2) is 36.7 Å². The first-order valence-electron chi connectivity index (χ1n) is 10.7. The summed E-state index contributed by atoms with van der Waals surface area (Å²) in [6.45, 7) is 2.33. The molecule has 1 aliphatic rings. The summed E-state index contributed by atoms with van der Waals surface area (Å²) in [6.07, 6.45) is 0.540. The number of hydrogen-bond acceptors (Lipinski definition) is 4. The van der Waals surface area contributed by atoms with E-state index in [0.29, 0.717) is 30.0 Å². The van der Waals surface area contributed by atoms with Gasteiger partial charge in [0, 0.05) is 12.1 Å². The number of carbonyl (C=O) groups excluding carboxylic acids is 1. The van der Waals surface area contributed by atoms with E-state index in [1.165, 1.54) is 12.1 Å². The largest absolute Gasteiger partial charge is 0.503 e. The summed E-state index contributed by atoms with van der Waals surface area (Å²) in [4.78, 5) is 14.8. The molecule has 0 aromatic heterocycles. The lowest BCUT2D eigenvalue weighted by Gasteiger charge is -2.27. The van der Waals surface area contributed by atoms with Crippen molar-refractivity contribution in [1.82, 2.24) is 4.90 Å². The molecule has 170 valence electrons. The fourth-order valence-electron chi connectivity index (χ4n) is 4.19. The number of aliphatic hydroxyl groups excluding tert-OH is 1. The van der Waals surface area contributed by atoms with Crippen molar-refractivity contribution in [3.63, 3.8) is 0 Å². The van der Waals surface area contributed by atoms with Crippen molar-refractivity contribution in [1.29, 1.82) is 0 Å². The zero-order chi connectivity index (χ0) is 23.5. The fourth-order valence-corrected chi connectivity index (χ4v) is 4.19. The minimum atomic E-state index is -0.527. The molecule has 0 spiro atoms. The van der Waals surface area contributed by atoms with E-state index in [0.717, 1.165) is 22.3 Å². The van der Waals surface area contributed by atoms with Gasteiger partial charge in [-0.05, 0) is 54.3 Å². The number of nitrogens with zero attached hydrogens (tertiary/aromatic N) is 1. The van der Waals surface area contributed by atoms with Crippen molar-refractivity contribution < 1.29 is 23.8 Å². The lowest BCUT2D eigenvalue weighted by atomic mass is 9.93. The topological polar surface area (TPSA) is 59.0 Å². The van der Waals surface area contributed by atoms with Gasteiger partial charge in [0.1, 0.15) is 5.82 Å². The van der Waals surface area contributed by atoms with Crippen molar-refractivity contribution in [2.75, 3.05) is 20.8 Å². The molecule has 1 aliphatic heterocycles. The Bertz CT molecular complexity index is 1190. The van der Waals surface area contributed by atoms with Crippen LogP contribution in [0.1, 0.15) is 28.3 Å². The first-order valence-corrected chi connectivity index (χ1v) is 10.7. The number of rotatable bonds is 7. The molecule has 3 aromatic rings. The molecule has 1 heterocycles. The molecule has 33 heavy (non-hydrogen) atoms. The predicted octanol–water partition coefficient (Wildman–Crippen LogP) is 5.25. The first kappa shape index (κ1) is 22.4. The van der Waals surface area contributed by atoms with Crippen LogP contribution in [-0.2, 0) is 11.2 Å². The Hall–Kier alpha value is -3.80. The Balaban J connectivity index is 1.68. The lowest BCUT2D eigenvalue weighted by Crippen LogP contribution is -2.32. The van der Waals surface area contributed by atoms with Gasteiger partial charge in [0.2, 0.25) is 0 Å². The zero-order valence-electron chi connectivity index (χ0n) is 18.8. The molecule has 3 aromatic carbocycles. The van der Waals surface area contributed by atoms with Crippen LogP contribution < -0.4 is 9.47 Å². The quantitative estimate of drug-likeness (QED) is 0.538. The average Bonchev–Trinajstić information content (AvgIpc) is 3.08. The second-order valence-electron chi connectivity index (χ2n) is 8.02. The Kier molecular flexibility index (Phi) is 6.36. The molecular formula is C27H26FNO4. The molecule has 0 saturated heterocycles. The smallest absolute Gasteiger partial charge is 0.289 e. The Morgan fingerprint density at radius 1 is 0.939 bits per heavy atom. The van der Waals surface area contributed by atoms with E-state index in [2.05, 4.69) is 0 Å². The summed E-state index contributed by atoms with van der Waals surface area (Å²) in [7, 11) is 3.15. The van der Waals surface area contributed by atoms with Crippen LogP contribution in [0.3, 0.4) is 0 Å². The van der Waals surface area contributed by atoms with Gasteiger partial charge < -0.3 is 19.5 Å². The number of amides is 1. The molecule has 0 fully saturated rings. The molecule has 1 atom stereocenters. The van der Waals surface area contributed by atoms with Gasteiger partial charge >= 0.3 is 0 Å². The monoisotopic (exact) mass is 447 g/mol. The third-order valence-corrected chi connectivity index (χ3v) is 5.94. The van der Waals surface area contributed by atoms with E-state index in [-0.39, 0.29) is 11.6 Å². The number of halogens is 1. The number of aryl methyl sites for hydroxylation is 1. The minimum absolute atomic E-state index is 0.277. The summed E-state index contributed by atoms with van der Waals surface area (Å²) < 4.78 is 24.3. The predicted molar refractivity (Wildman–Crippen MR) is 125 cm³/mol. The maximum absolute atomic E-state index is 13.6. The van der Waals surface area contributed by atoms with Gasteiger partial charge in [-0.3, -0.25) is 4.79 Å². The number of hydrogen-bond donors (Lipinski definition) is 1. The van der Waals surface area contributed by atoms with E-state index in [1.807, 2.05) is 49.4 Å². The molecule has 0 unspecified atom stereocenters. The lowest BCUT2D eigenvalue weighted by molar-refractivity contribution is -0.129. The summed E-state index contributed by atoms with van der Waals surface area (Å²) in [5.41, 5.74) is 4.05. The van der Waals surface area contributed by atoms with E-state index in [4.69, 9.17) is 9.47 Å². The van der Waals surface area contributed by atoms with Gasteiger partial charge in [0.25, 0.3) is 5.91 Å². The van der Waals surface area contributed by atoms with E-state index in [9.17, 15) is 14.3 Å². The number of ether oxygens (including phenoxy) is 2. The van der Waals surface area contributed by atoms with Crippen LogP contribution in [0, 0.1) is 12.7 Å². The molecular weight excluding hydrogens is 421 g/mol. The van der Waals surface area contributed by atoms with E-state index >= 15 is 0 Å². The highest BCUT2D eigenvalue weighted by molar-refractivity contribution is 6.05. The van der Waals surface area contributed by atoms with Crippen molar-refractivity contribution in [2.45, 2.75) is 19.4 Å². The van der Waals surface area contributed by atoms with Crippen molar-refractivity contribution >= 4 is 11.5 Å². The molecule has 6 heteroatoms. The van der Waals surface area contributed by atoms with E-state index < -0.39 is 11.9 Å². The highest BCUT2D eigenvalue weighted by Crippen LogP contribution is 2.43. The van der Waals surface area contributed by atoms with Crippen molar-refractivity contribution in [2.24, 2.45) is 0 Å². The normalized spacial score (nSPS) is 15.8. The third-order valence-electron chi connectivity index (χ3n) is 5.94. The number of aliphatic hydroxyl groups is 1. The summed E-state index contributed by atoms with van der Waals surface area (Å²) >= 11 is 0. The molecule has 0 radical (unpaired) electrons. The summed E-state index contributed by atoms with van der Waals surface area (Å²) in [6, 6.07) is 18.8. The first-order chi connectivity index (χ1) is 15.9. The van der Waals surface area contributed by atoms with Crippen LogP contribution in [0.2, 0.25) is 0 Å². The van der Waals surface area contributed by atoms with Gasteiger partial charge in [-0.2, -0.15) is 0 Å². The second-order valence-corrected chi connectivity index (χ2v) is 8.02. The molecule has 0 aliphatic carbocycles. The highest BCUT2D eigenvalue weighted by atomic mass is 19.1. The number of methoxy groups -OCH3 is 2. The highest BCUT2D eigenvalue weighted by Gasteiger charge is 2.40. The second kappa shape index (κ2) is 9.36. The van der Waals surface area contributed by atoms with Crippen LogP contribution in [0.15, 0.2) is 72.5 Å². The van der Waals surface area contributed by atoms with Gasteiger partial charge in [0.15, 0.2) is 17.3 Å². The number of benzene rings is 3. The van der Waals surface area contributed by atoms with Crippen LogP contribution in [0.4, 0.5) is 4.39 Å². The Morgan fingerprint density at radius 3 is 2.24 bits per heavy atom. The Labute approximate surface area is 192 Å². The molecule has 4 rings (SSSR count). The van der Waals surface area contributed by atoms with E-state index in [1.54, 1.807) is 31.3 Å². The molecule has 1 amide bonds. The maximum Gasteiger partial charge on any atom is 0.289 e.